The molecule has 5 nitrogen and oxygen atoms in total. The van der Waals surface area contributed by atoms with Crippen LogP contribution in [0.3, 0.4) is 0 Å². The van der Waals surface area contributed by atoms with Crippen LogP contribution in [0.1, 0.15) is 32.0 Å². The minimum atomic E-state index is 0.0940. The summed E-state index contributed by atoms with van der Waals surface area (Å²) in [4.78, 5) is 4.44. The predicted molar refractivity (Wildman–Crippen MR) is 79.4 cm³/mol. The fraction of sp³-hybridized carbons (Fsp3) is 0.467. The quantitative estimate of drug-likeness (QED) is 0.814. The van der Waals surface area contributed by atoms with Crippen LogP contribution in [0.4, 0.5) is 5.69 Å². The second-order valence-corrected chi connectivity index (χ2v) is 5.30. The van der Waals surface area contributed by atoms with Crippen LogP contribution in [0.5, 0.6) is 0 Å². The zero-order valence-corrected chi connectivity index (χ0v) is 12.0. The Balaban J connectivity index is 2.10. The largest absolute Gasteiger partial charge is 0.394 e. The number of nitrogens with one attached hydrogen (secondary N) is 1. The molecule has 1 atom stereocenters. The fourth-order valence-corrected chi connectivity index (χ4v) is 2.17. The van der Waals surface area contributed by atoms with Crippen molar-refractivity contribution in [2.24, 2.45) is 5.92 Å². The van der Waals surface area contributed by atoms with Gasteiger partial charge < -0.3 is 10.4 Å². The number of aliphatic hydroxyl groups excluding tert-OH is 1. The van der Waals surface area contributed by atoms with Gasteiger partial charge in [0.2, 0.25) is 0 Å². The highest BCUT2D eigenvalue weighted by Gasteiger charge is 2.15. The van der Waals surface area contributed by atoms with E-state index in [0.29, 0.717) is 12.5 Å². The Hall–Kier alpha value is -1.88. The van der Waals surface area contributed by atoms with Crippen molar-refractivity contribution < 1.29 is 5.11 Å². The van der Waals surface area contributed by atoms with Gasteiger partial charge in [0, 0.05) is 12.4 Å². The van der Waals surface area contributed by atoms with Crippen molar-refractivity contribution in [3.05, 3.63) is 42.5 Å². The summed E-state index contributed by atoms with van der Waals surface area (Å²) >= 11 is 0. The van der Waals surface area contributed by atoms with Gasteiger partial charge in [0.15, 0.2) is 0 Å². The molecule has 0 aliphatic carbocycles. The van der Waals surface area contributed by atoms with E-state index in [9.17, 15) is 0 Å². The molecule has 108 valence electrons. The molecular weight excluding hydrogens is 252 g/mol. The molecule has 2 rings (SSSR count). The van der Waals surface area contributed by atoms with E-state index in [1.807, 2.05) is 30.6 Å². The van der Waals surface area contributed by atoms with E-state index in [1.165, 1.54) is 0 Å². The van der Waals surface area contributed by atoms with Gasteiger partial charge in [0.05, 0.1) is 36.8 Å². The van der Waals surface area contributed by atoms with Gasteiger partial charge in [0.1, 0.15) is 0 Å². The third-order valence-corrected chi connectivity index (χ3v) is 3.06. The van der Waals surface area contributed by atoms with Gasteiger partial charge in [-0.3, -0.25) is 9.67 Å². The summed E-state index contributed by atoms with van der Waals surface area (Å²) in [5.41, 5.74) is 1.99. The zero-order valence-electron chi connectivity index (χ0n) is 12.0. The van der Waals surface area contributed by atoms with Crippen molar-refractivity contribution in [3.63, 3.8) is 0 Å². The molecule has 0 aliphatic heterocycles. The SMILES string of the molecule is CC(C)CC(Nc1cnn(CCO)c1)c1ccccn1. The van der Waals surface area contributed by atoms with Crippen molar-refractivity contribution in [3.8, 4) is 0 Å². The molecule has 0 aliphatic rings. The number of rotatable bonds is 7. The van der Waals surface area contributed by atoms with Crippen molar-refractivity contribution in [1.82, 2.24) is 14.8 Å². The Kier molecular flexibility index (Phi) is 5.12. The van der Waals surface area contributed by atoms with Gasteiger partial charge in [-0.15, -0.1) is 0 Å². The van der Waals surface area contributed by atoms with E-state index in [1.54, 1.807) is 10.9 Å². The molecule has 0 saturated heterocycles. The van der Waals surface area contributed by atoms with E-state index in [2.05, 4.69) is 29.2 Å². The summed E-state index contributed by atoms with van der Waals surface area (Å²) in [6, 6.07) is 6.14. The second kappa shape index (κ2) is 7.05. The molecule has 2 aromatic heterocycles. The average Bonchev–Trinajstić information content (AvgIpc) is 2.86. The van der Waals surface area contributed by atoms with Gasteiger partial charge in [-0.25, -0.2) is 0 Å². The maximum atomic E-state index is 8.92. The van der Waals surface area contributed by atoms with E-state index < -0.39 is 0 Å². The molecule has 2 heterocycles. The number of nitrogens with zero attached hydrogens (tertiary/aromatic N) is 3. The van der Waals surface area contributed by atoms with Crippen LogP contribution in [-0.2, 0) is 6.54 Å². The van der Waals surface area contributed by atoms with Crippen molar-refractivity contribution >= 4 is 5.69 Å². The molecule has 0 radical (unpaired) electrons. The number of hydrogen-bond donors (Lipinski definition) is 2. The van der Waals surface area contributed by atoms with E-state index >= 15 is 0 Å². The summed E-state index contributed by atoms with van der Waals surface area (Å²) in [5.74, 6) is 0.571. The van der Waals surface area contributed by atoms with Crippen LogP contribution in [-0.4, -0.2) is 26.5 Å². The van der Waals surface area contributed by atoms with Gasteiger partial charge in [-0.1, -0.05) is 19.9 Å². The number of aliphatic hydroxyl groups is 1. The highest BCUT2D eigenvalue weighted by molar-refractivity contribution is 5.40. The molecule has 0 fully saturated rings. The number of anilines is 1. The number of aromatic nitrogens is 3. The van der Waals surface area contributed by atoms with Gasteiger partial charge in [-0.05, 0) is 24.5 Å². The van der Waals surface area contributed by atoms with Crippen molar-refractivity contribution in [2.45, 2.75) is 32.9 Å². The smallest absolute Gasteiger partial charge is 0.0731 e. The first-order valence-corrected chi connectivity index (χ1v) is 7.00. The predicted octanol–water partition coefficient (Wildman–Crippen LogP) is 2.47. The van der Waals surface area contributed by atoms with Crippen molar-refractivity contribution in [1.29, 1.82) is 0 Å². The lowest BCUT2D eigenvalue weighted by atomic mass is 10.0. The lowest BCUT2D eigenvalue weighted by Crippen LogP contribution is -2.14. The maximum Gasteiger partial charge on any atom is 0.0731 e. The molecule has 0 aromatic carbocycles. The summed E-state index contributed by atoms with van der Waals surface area (Å²) in [6.45, 7) is 5.01. The Morgan fingerprint density at radius 1 is 1.35 bits per heavy atom. The Labute approximate surface area is 119 Å². The van der Waals surface area contributed by atoms with Crippen LogP contribution < -0.4 is 5.32 Å². The summed E-state index contributed by atoms with van der Waals surface area (Å²) in [7, 11) is 0. The summed E-state index contributed by atoms with van der Waals surface area (Å²) in [5, 5.41) is 16.6. The molecule has 0 spiro atoms. The first-order valence-electron chi connectivity index (χ1n) is 7.00. The summed E-state index contributed by atoms with van der Waals surface area (Å²) in [6.07, 6.45) is 6.51. The highest BCUT2D eigenvalue weighted by Crippen LogP contribution is 2.24. The third kappa shape index (κ3) is 4.06. The van der Waals surface area contributed by atoms with Crippen LogP contribution in [0.25, 0.3) is 0 Å². The Morgan fingerprint density at radius 3 is 2.85 bits per heavy atom. The molecule has 0 saturated carbocycles. The van der Waals surface area contributed by atoms with Crippen LogP contribution >= 0.6 is 0 Å². The molecule has 2 N–H and O–H groups in total. The Bertz CT molecular complexity index is 510. The van der Waals surface area contributed by atoms with Gasteiger partial charge >= 0.3 is 0 Å². The minimum absolute atomic E-state index is 0.0940. The van der Waals surface area contributed by atoms with E-state index in [-0.39, 0.29) is 12.6 Å². The topological polar surface area (TPSA) is 63.0 Å². The molecule has 2 aromatic rings. The van der Waals surface area contributed by atoms with Crippen LogP contribution in [0.15, 0.2) is 36.8 Å². The number of hydrogen-bond acceptors (Lipinski definition) is 4. The molecule has 5 heteroatoms. The molecule has 0 amide bonds. The normalized spacial score (nSPS) is 12.6. The molecule has 0 bridgehead atoms. The standard InChI is InChI=1S/C15H22N4O/c1-12(2)9-15(14-5-3-4-6-16-14)18-13-10-17-19(11-13)7-8-20/h3-6,10-12,15,18,20H,7-9H2,1-2H3. The third-order valence-electron chi connectivity index (χ3n) is 3.06. The maximum absolute atomic E-state index is 8.92. The van der Waals surface area contributed by atoms with Crippen LogP contribution in [0.2, 0.25) is 0 Å². The van der Waals surface area contributed by atoms with Crippen LogP contribution in [0, 0.1) is 5.92 Å². The highest BCUT2D eigenvalue weighted by atomic mass is 16.3. The van der Waals surface area contributed by atoms with E-state index in [0.717, 1.165) is 17.8 Å². The first-order chi connectivity index (χ1) is 9.69. The second-order valence-electron chi connectivity index (χ2n) is 5.30. The molecular formula is C15H22N4O. The Morgan fingerprint density at radius 2 is 2.20 bits per heavy atom. The lowest BCUT2D eigenvalue weighted by Gasteiger charge is -2.20. The fourth-order valence-electron chi connectivity index (χ4n) is 2.17. The molecule has 1 unspecified atom stereocenters. The molecule has 20 heavy (non-hydrogen) atoms. The summed E-state index contributed by atoms with van der Waals surface area (Å²) < 4.78 is 1.73. The van der Waals surface area contributed by atoms with Gasteiger partial charge in [0.25, 0.3) is 0 Å². The average molecular weight is 274 g/mol. The zero-order chi connectivity index (χ0) is 14.4. The number of pyridine rings is 1. The van der Waals surface area contributed by atoms with Gasteiger partial charge in [-0.2, -0.15) is 5.10 Å². The van der Waals surface area contributed by atoms with Crippen molar-refractivity contribution in [2.75, 3.05) is 11.9 Å². The first kappa shape index (κ1) is 14.5. The monoisotopic (exact) mass is 274 g/mol. The van der Waals surface area contributed by atoms with E-state index in [4.69, 9.17) is 5.11 Å². The minimum Gasteiger partial charge on any atom is -0.394 e. The lowest BCUT2D eigenvalue weighted by molar-refractivity contribution is 0.269.